The van der Waals surface area contributed by atoms with E-state index in [2.05, 4.69) is 11.8 Å². The van der Waals surface area contributed by atoms with E-state index in [1.807, 2.05) is 13.8 Å². The molecule has 0 amide bonds. The van der Waals surface area contributed by atoms with E-state index in [4.69, 9.17) is 14.9 Å². The highest BCUT2D eigenvalue weighted by Gasteiger charge is 2.11. The molecular formula is C14H23NO4. The van der Waals surface area contributed by atoms with Crippen LogP contribution >= 0.6 is 0 Å². The first-order chi connectivity index (χ1) is 9.15. The molecular weight excluding hydrogens is 246 g/mol. The van der Waals surface area contributed by atoms with Crippen molar-refractivity contribution in [3.05, 3.63) is 11.6 Å². The molecule has 0 aliphatic carbocycles. The number of hydrogen-bond donors (Lipinski definition) is 0. The van der Waals surface area contributed by atoms with Gasteiger partial charge in [0.15, 0.2) is 0 Å². The normalized spacial score (nSPS) is 12.8. The summed E-state index contributed by atoms with van der Waals surface area (Å²) in [5.41, 5.74) is -0.0419. The van der Waals surface area contributed by atoms with Crippen molar-refractivity contribution in [2.24, 2.45) is 0 Å². The second-order valence-electron chi connectivity index (χ2n) is 4.15. The van der Waals surface area contributed by atoms with Gasteiger partial charge in [0.05, 0.1) is 12.7 Å². The Morgan fingerprint density at radius 2 is 2.11 bits per heavy atom. The SMILES string of the molecule is CCC=C(C#N)C(=O)OOCCOC(C)CCCC. The molecule has 0 aromatic rings. The lowest BCUT2D eigenvalue weighted by Crippen LogP contribution is -2.15. The van der Waals surface area contributed by atoms with Gasteiger partial charge in [0.1, 0.15) is 18.2 Å². The maximum absolute atomic E-state index is 11.3. The van der Waals surface area contributed by atoms with Gasteiger partial charge in [-0.1, -0.05) is 32.8 Å². The summed E-state index contributed by atoms with van der Waals surface area (Å²) in [6, 6.07) is 1.76. The summed E-state index contributed by atoms with van der Waals surface area (Å²) < 4.78 is 5.46. The van der Waals surface area contributed by atoms with Crippen molar-refractivity contribution in [2.75, 3.05) is 13.2 Å². The fraction of sp³-hybridized carbons (Fsp3) is 0.714. The Morgan fingerprint density at radius 3 is 2.68 bits per heavy atom. The number of ether oxygens (including phenoxy) is 1. The second kappa shape index (κ2) is 11.7. The van der Waals surface area contributed by atoms with E-state index in [1.54, 1.807) is 6.07 Å². The van der Waals surface area contributed by atoms with E-state index in [-0.39, 0.29) is 18.3 Å². The average Bonchev–Trinajstić information content (AvgIpc) is 2.41. The number of unbranched alkanes of at least 4 members (excludes halogenated alkanes) is 1. The van der Waals surface area contributed by atoms with Crippen molar-refractivity contribution in [1.82, 2.24) is 0 Å². The highest BCUT2D eigenvalue weighted by molar-refractivity contribution is 5.92. The predicted octanol–water partition coefficient (Wildman–Crippen LogP) is 2.92. The number of rotatable bonds is 10. The summed E-state index contributed by atoms with van der Waals surface area (Å²) >= 11 is 0. The third-order valence-electron chi connectivity index (χ3n) is 2.42. The number of nitrogens with zero attached hydrogens (tertiary/aromatic N) is 1. The molecule has 19 heavy (non-hydrogen) atoms. The molecule has 0 bridgehead atoms. The van der Waals surface area contributed by atoms with Gasteiger partial charge in [-0.3, -0.25) is 4.89 Å². The number of hydrogen-bond acceptors (Lipinski definition) is 5. The molecule has 0 aromatic carbocycles. The molecule has 1 atom stereocenters. The summed E-state index contributed by atoms with van der Waals surface area (Å²) in [6.07, 6.45) is 5.54. The zero-order valence-electron chi connectivity index (χ0n) is 12.0. The molecule has 0 aromatic heterocycles. The lowest BCUT2D eigenvalue weighted by molar-refractivity contribution is -0.273. The van der Waals surface area contributed by atoms with Crippen LogP contribution in [0.5, 0.6) is 0 Å². The molecule has 0 spiro atoms. The molecule has 5 heteroatoms. The van der Waals surface area contributed by atoms with Gasteiger partial charge < -0.3 is 4.74 Å². The zero-order chi connectivity index (χ0) is 14.5. The predicted molar refractivity (Wildman–Crippen MR) is 71.0 cm³/mol. The number of allylic oxidation sites excluding steroid dienone is 1. The Labute approximate surface area is 115 Å². The van der Waals surface area contributed by atoms with Gasteiger partial charge in [-0.05, 0) is 19.8 Å². The molecule has 0 fully saturated rings. The molecule has 0 aliphatic heterocycles. The van der Waals surface area contributed by atoms with E-state index >= 15 is 0 Å². The third-order valence-corrected chi connectivity index (χ3v) is 2.42. The monoisotopic (exact) mass is 269 g/mol. The number of carbonyl (C=O) groups excluding carboxylic acids is 1. The van der Waals surface area contributed by atoms with Gasteiger partial charge in [-0.15, -0.1) is 0 Å². The summed E-state index contributed by atoms with van der Waals surface area (Å²) in [4.78, 5) is 20.5. The highest BCUT2D eigenvalue weighted by Crippen LogP contribution is 2.04. The van der Waals surface area contributed by atoms with Crippen LogP contribution in [-0.2, 0) is 19.3 Å². The summed E-state index contributed by atoms with van der Waals surface area (Å²) in [5, 5.41) is 8.69. The lowest BCUT2D eigenvalue weighted by Gasteiger charge is -2.11. The van der Waals surface area contributed by atoms with Crippen molar-refractivity contribution in [3.8, 4) is 6.07 Å². The van der Waals surface area contributed by atoms with Crippen LogP contribution in [0.1, 0.15) is 46.5 Å². The fourth-order valence-corrected chi connectivity index (χ4v) is 1.38. The van der Waals surface area contributed by atoms with Crippen LogP contribution in [-0.4, -0.2) is 25.3 Å². The minimum Gasteiger partial charge on any atom is -0.376 e. The maximum Gasteiger partial charge on any atom is 0.383 e. The molecule has 1 unspecified atom stereocenters. The summed E-state index contributed by atoms with van der Waals surface area (Å²) in [7, 11) is 0. The smallest absolute Gasteiger partial charge is 0.376 e. The Balaban J connectivity index is 3.67. The highest BCUT2D eigenvalue weighted by atomic mass is 17.2. The molecule has 108 valence electrons. The lowest BCUT2D eigenvalue weighted by atomic mass is 10.2. The van der Waals surface area contributed by atoms with Gasteiger partial charge in [-0.2, -0.15) is 10.1 Å². The fourth-order valence-electron chi connectivity index (χ4n) is 1.38. The van der Waals surface area contributed by atoms with Gasteiger partial charge in [-0.25, -0.2) is 4.79 Å². The first kappa shape index (κ1) is 17.6. The molecule has 0 rings (SSSR count). The number of carbonyl (C=O) groups is 1. The Bertz CT molecular complexity index is 320. The quantitative estimate of drug-likeness (QED) is 0.200. The van der Waals surface area contributed by atoms with Gasteiger partial charge in [0.2, 0.25) is 0 Å². The molecule has 0 N–H and O–H groups in total. The van der Waals surface area contributed by atoms with E-state index in [0.29, 0.717) is 13.0 Å². The van der Waals surface area contributed by atoms with E-state index in [9.17, 15) is 4.79 Å². The first-order valence-electron chi connectivity index (χ1n) is 6.71. The van der Waals surface area contributed by atoms with Crippen LogP contribution < -0.4 is 0 Å². The van der Waals surface area contributed by atoms with E-state index in [0.717, 1.165) is 19.3 Å². The number of nitriles is 1. The molecule has 5 nitrogen and oxygen atoms in total. The van der Waals surface area contributed by atoms with Crippen molar-refractivity contribution in [2.45, 2.75) is 52.6 Å². The minimum absolute atomic E-state index is 0.0419. The first-order valence-corrected chi connectivity index (χ1v) is 6.71. The van der Waals surface area contributed by atoms with Crippen molar-refractivity contribution >= 4 is 5.97 Å². The Morgan fingerprint density at radius 1 is 1.37 bits per heavy atom. The molecule has 0 radical (unpaired) electrons. The summed E-state index contributed by atoms with van der Waals surface area (Å²) in [6.45, 7) is 6.48. The van der Waals surface area contributed by atoms with Gasteiger partial charge in [0, 0.05) is 0 Å². The zero-order valence-corrected chi connectivity index (χ0v) is 12.0. The summed E-state index contributed by atoms with van der Waals surface area (Å²) in [5.74, 6) is -0.761. The Hall–Kier alpha value is -1.38. The van der Waals surface area contributed by atoms with Crippen LogP contribution in [0.3, 0.4) is 0 Å². The van der Waals surface area contributed by atoms with Crippen LogP contribution in [0.25, 0.3) is 0 Å². The van der Waals surface area contributed by atoms with Crippen LogP contribution in [0.2, 0.25) is 0 Å². The minimum atomic E-state index is -0.761. The van der Waals surface area contributed by atoms with Crippen molar-refractivity contribution < 1.29 is 19.3 Å². The van der Waals surface area contributed by atoms with Crippen molar-refractivity contribution in [1.29, 1.82) is 5.26 Å². The van der Waals surface area contributed by atoms with Gasteiger partial charge >= 0.3 is 5.97 Å². The molecule has 0 saturated heterocycles. The van der Waals surface area contributed by atoms with E-state index < -0.39 is 5.97 Å². The molecule has 0 saturated carbocycles. The molecule has 0 heterocycles. The molecule has 0 aliphatic rings. The average molecular weight is 269 g/mol. The topological polar surface area (TPSA) is 68.6 Å². The van der Waals surface area contributed by atoms with Crippen LogP contribution in [0.15, 0.2) is 11.6 Å². The van der Waals surface area contributed by atoms with Crippen LogP contribution in [0.4, 0.5) is 0 Å². The largest absolute Gasteiger partial charge is 0.383 e. The van der Waals surface area contributed by atoms with Crippen LogP contribution in [0, 0.1) is 11.3 Å². The standard InChI is InChI=1S/C14H23NO4/c1-4-6-8-12(3)17-9-10-18-19-14(16)13(11-15)7-5-2/h7,12H,4-6,8-10H2,1-3H3. The third kappa shape index (κ3) is 9.23. The maximum atomic E-state index is 11.3. The van der Waals surface area contributed by atoms with E-state index in [1.165, 1.54) is 6.08 Å². The Kier molecular flexibility index (Phi) is 10.8. The van der Waals surface area contributed by atoms with Gasteiger partial charge in [0.25, 0.3) is 0 Å². The van der Waals surface area contributed by atoms with Crippen molar-refractivity contribution in [3.63, 3.8) is 0 Å². The second-order valence-corrected chi connectivity index (χ2v) is 4.15.